The van der Waals surface area contributed by atoms with Crippen molar-refractivity contribution in [3.8, 4) is 0 Å². The summed E-state index contributed by atoms with van der Waals surface area (Å²) in [5, 5.41) is 6.64. The number of guanidine groups is 1. The number of amides is 1. The number of nitrogens with one attached hydrogen (secondary N) is 2. The lowest BCUT2D eigenvalue weighted by Crippen LogP contribution is -2.48. The first-order valence-corrected chi connectivity index (χ1v) is 9.06. The number of aliphatic imine (C=N–C) groups is 1. The van der Waals surface area contributed by atoms with E-state index in [0.29, 0.717) is 18.5 Å². The van der Waals surface area contributed by atoms with Gasteiger partial charge in [0.15, 0.2) is 5.96 Å². The van der Waals surface area contributed by atoms with Gasteiger partial charge < -0.3 is 15.5 Å². The molecule has 1 saturated heterocycles. The second-order valence-electron chi connectivity index (χ2n) is 6.64. The minimum atomic E-state index is -0.0186. The van der Waals surface area contributed by atoms with E-state index in [1.165, 1.54) is 0 Å². The maximum Gasteiger partial charge on any atom is 0.243 e. The van der Waals surface area contributed by atoms with E-state index in [2.05, 4.69) is 38.2 Å². The molecule has 0 aliphatic carbocycles. The number of halogens is 1. The van der Waals surface area contributed by atoms with Gasteiger partial charge in [0.05, 0.1) is 5.69 Å². The van der Waals surface area contributed by atoms with Crippen LogP contribution in [0.1, 0.15) is 18.5 Å². The highest BCUT2D eigenvalue weighted by Gasteiger charge is 2.20. The van der Waals surface area contributed by atoms with E-state index in [-0.39, 0.29) is 36.4 Å². The molecule has 1 amide bonds. The number of pyridine rings is 1. The summed E-state index contributed by atoms with van der Waals surface area (Å²) in [4.78, 5) is 24.5. The van der Waals surface area contributed by atoms with Crippen LogP contribution in [0.25, 0.3) is 0 Å². The molecule has 2 heterocycles. The van der Waals surface area contributed by atoms with E-state index in [0.717, 1.165) is 38.2 Å². The number of piperidine rings is 1. The molecule has 27 heavy (non-hydrogen) atoms. The summed E-state index contributed by atoms with van der Waals surface area (Å²) < 4.78 is 0. The number of rotatable bonds is 7. The zero-order valence-corrected chi connectivity index (χ0v) is 18.6. The zero-order valence-electron chi connectivity index (χ0n) is 16.2. The highest BCUT2D eigenvalue weighted by atomic mass is 127. The molecule has 1 aliphatic heterocycles. The number of carbonyl (C=O) groups excluding carboxylic acids is 1. The zero-order chi connectivity index (χ0) is 18.8. The SMILES string of the molecule is C=CCNC(=NCC(=O)N(C)C)NC1CCN(Cc2ccccn2)CC1.I. The van der Waals surface area contributed by atoms with Crippen LogP contribution in [-0.4, -0.2) is 73.0 Å². The number of hydrogen-bond acceptors (Lipinski definition) is 4. The van der Waals surface area contributed by atoms with Crippen molar-refractivity contribution in [3.63, 3.8) is 0 Å². The number of nitrogens with zero attached hydrogens (tertiary/aromatic N) is 4. The maximum absolute atomic E-state index is 11.8. The van der Waals surface area contributed by atoms with Crippen LogP contribution in [0.3, 0.4) is 0 Å². The summed E-state index contributed by atoms with van der Waals surface area (Å²) in [5.41, 5.74) is 1.11. The van der Waals surface area contributed by atoms with Crippen molar-refractivity contribution in [2.75, 3.05) is 40.3 Å². The molecule has 7 nitrogen and oxygen atoms in total. The molecule has 8 heteroatoms. The summed E-state index contributed by atoms with van der Waals surface area (Å²) in [6.45, 7) is 7.38. The Balaban J connectivity index is 0.00000364. The molecule has 0 unspecified atom stereocenters. The number of aromatic nitrogens is 1. The molecule has 0 saturated carbocycles. The van der Waals surface area contributed by atoms with Gasteiger partial charge in [-0.25, -0.2) is 4.99 Å². The van der Waals surface area contributed by atoms with Gasteiger partial charge in [0, 0.05) is 52.5 Å². The van der Waals surface area contributed by atoms with Crippen molar-refractivity contribution < 1.29 is 4.79 Å². The third-order valence-electron chi connectivity index (χ3n) is 4.33. The normalized spacial score (nSPS) is 15.6. The Bertz CT molecular complexity index is 599. The molecule has 2 N–H and O–H groups in total. The highest BCUT2D eigenvalue weighted by molar-refractivity contribution is 14.0. The number of carbonyl (C=O) groups is 1. The van der Waals surface area contributed by atoms with Gasteiger partial charge >= 0.3 is 0 Å². The van der Waals surface area contributed by atoms with Gasteiger partial charge in [-0.2, -0.15) is 0 Å². The van der Waals surface area contributed by atoms with Gasteiger partial charge in [0.25, 0.3) is 0 Å². The van der Waals surface area contributed by atoms with Gasteiger partial charge in [-0.1, -0.05) is 12.1 Å². The van der Waals surface area contributed by atoms with Gasteiger partial charge in [-0.15, -0.1) is 30.6 Å². The molecule has 1 aromatic heterocycles. The Labute approximate surface area is 179 Å². The Hall–Kier alpha value is -1.68. The highest BCUT2D eigenvalue weighted by Crippen LogP contribution is 2.12. The first-order valence-electron chi connectivity index (χ1n) is 9.06. The molecule has 0 atom stereocenters. The molecule has 1 aromatic rings. The van der Waals surface area contributed by atoms with E-state index >= 15 is 0 Å². The molecule has 2 rings (SSSR count). The summed E-state index contributed by atoms with van der Waals surface area (Å²) in [6.07, 6.45) is 5.68. The molecular formula is C19H31IN6O. The first-order chi connectivity index (χ1) is 12.6. The second-order valence-corrected chi connectivity index (χ2v) is 6.64. The minimum absolute atomic E-state index is 0. The fourth-order valence-corrected chi connectivity index (χ4v) is 2.76. The molecule has 1 aliphatic rings. The van der Waals surface area contributed by atoms with Crippen LogP contribution in [0, 0.1) is 0 Å². The Morgan fingerprint density at radius 1 is 1.41 bits per heavy atom. The second kappa shape index (κ2) is 12.7. The lowest BCUT2D eigenvalue weighted by molar-refractivity contribution is -0.127. The Kier molecular flexibility index (Phi) is 11.0. The first kappa shape index (κ1) is 23.4. The molecule has 1 fully saturated rings. The quantitative estimate of drug-likeness (QED) is 0.265. The topological polar surface area (TPSA) is 72.9 Å². The van der Waals surface area contributed by atoms with Gasteiger partial charge in [0.2, 0.25) is 5.91 Å². The lowest BCUT2D eigenvalue weighted by atomic mass is 10.0. The van der Waals surface area contributed by atoms with Crippen LogP contribution in [0.2, 0.25) is 0 Å². The van der Waals surface area contributed by atoms with Crippen LogP contribution in [-0.2, 0) is 11.3 Å². The molecule has 0 spiro atoms. The summed E-state index contributed by atoms with van der Waals surface area (Å²) in [6, 6.07) is 6.38. The van der Waals surface area contributed by atoms with Crippen molar-refractivity contribution >= 4 is 35.8 Å². The lowest BCUT2D eigenvalue weighted by Gasteiger charge is -2.32. The van der Waals surface area contributed by atoms with Crippen LogP contribution < -0.4 is 10.6 Å². The average Bonchev–Trinajstić information content (AvgIpc) is 2.65. The summed E-state index contributed by atoms with van der Waals surface area (Å²) >= 11 is 0. The third-order valence-corrected chi connectivity index (χ3v) is 4.33. The average molecular weight is 486 g/mol. The van der Waals surface area contributed by atoms with Gasteiger partial charge in [0.1, 0.15) is 6.54 Å². The predicted molar refractivity (Wildman–Crippen MR) is 120 cm³/mol. The van der Waals surface area contributed by atoms with E-state index < -0.39 is 0 Å². The molecule has 0 bridgehead atoms. The van der Waals surface area contributed by atoms with E-state index in [1.54, 1.807) is 25.1 Å². The van der Waals surface area contributed by atoms with Crippen molar-refractivity contribution in [2.45, 2.75) is 25.4 Å². The molecule has 0 radical (unpaired) electrons. The molecule has 150 valence electrons. The number of likely N-dealkylation sites (tertiary alicyclic amines) is 1. The third kappa shape index (κ3) is 8.70. The summed E-state index contributed by atoms with van der Waals surface area (Å²) in [5.74, 6) is 0.651. The van der Waals surface area contributed by atoms with E-state index in [9.17, 15) is 4.79 Å². The van der Waals surface area contributed by atoms with Gasteiger partial charge in [-0.05, 0) is 25.0 Å². The van der Waals surface area contributed by atoms with E-state index in [1.807, 2.05) is 18.3 Å². The molecule has 0 aromatic carbocycles. The van der Waals surface area contributed by atoms with Crippen molar-refractivity contribution in [2.24, 2.45) is 4.99 Å². The largest absolute Gasteiger partial charge is 0.354 e. The summed E-state index contributed by atoms with van der Waals surface area (Å²) in [7, 11) is 3.47. The molecular weight excluding hydrogens is 455 g/mol. The number of likely N-dealkylation sites (N-methyl/N-ethyl adjacent to an activating group) is 1. The Morgan fingerprint density at radius 3 is 2.74 bits per heavy atom. The van der Waals surface area contributed by atoms with Crippen LogP contribution in [0.5, 0.6) is 0 Å². The fraction of sp³-hybridized carbons (Fsp3) is 0.526. The van der Waals surface area contributed by atoms with Crippen molar-refractivity contribution in [3.05, 3.63) is 42.7 Å². The minimum Gasteiger partial charge on any atom is -0.354 e. The van der Waals surface area contributed by atoms with Crippen LogP contribution in [0.15, 0.2) is 42.0 Å². The number of hydrogen-bond donors (Lipinski definition) is 2. The maximum atomic E-state index is 11.8. The van der Waals surface area contributed by atoms with Crippen LogP contribution in [0.4, 0.5) is 0 Å². The standard InChI is InChI=1S/C19H30N6O.HI/c1-4-10-21-19(22-14-18(26)24(2)3)23-16-8-12-25(13-9-16)15-17-7-5-6-11-20-17;/h4-7,11,16H,1,8-10,12-15H2,2-3H3,(H2,21,22,23);1H. The monoisotopic (exact) mass is 486 g/mol. The predicted octanol–water partition coefficient (Wildman–Crippen LogP) is 1.47. The van der Waals surface area contributed by atoms with Gasteiger partial charge in [-0.3, -0.25) is 14.7 Å². The smallest absolute Gasteiger partial charge is 0.243 e. The van der Waals surface area contributed by atoms with Crippen molar-refractivity contribution in [1.29, 1.82) is 0 Å². The van der Waals surface area contributed by atoms with Crippen molar-refractivity contribution in [1.82, 2.24) is 25.4 Å². The van der Waals surface area contributed by atoms with Crippen LogP contribution >= 0.6 is 24.0 Å². The fourth-order valence-electron chi connectivity index (χ4n) is 2.76. The Morgan fingerprint density at radius 2 is 2.15 bits per heavy atom. The van der Waals surface area contributed by atoms with E-state index in [4.69, 9.17) is 0 Å².